The summed E-state index contributed by atoms with van der Waals surface area (Å²) < 4.78 is 0. The average Bonchev–Trinajstić information content (AvgIpc) is 2.68. The van der Waals surface area contributed by atoms with E-state index in [0.717, 1.165) is 12.2 Å². The van der Waals surface area contributed by atoms with Crippen molar-refractivity contribution in [2.45, 2.75) is 25.2 Å². The van der Waals surface area contributed by atoms with Crippen molar-refractivity contribution in [3.8, 4) is 0 Å². The molecule has 1 saturated heterocycles. The summed E-state index contributed by atoms with van der Waals surface area (Å²) in [6, 6.07) is 0. The molecule has 0 radical (unpaired) electrons. The molecule has 2 heterocycles. The molecule has 1 aromatic rings. The Morgan fingerprint density at radius 3 is 3.29 bits per heavy atom. The molecule has 0 aromatic carbocycles. The lowest BCUT2D eigenvalue weighted by Gasteiger charge is -2.19. The number of aromatic nitrogens is 2. The van der Waals surface area contributed by atoms with Gasteiger partial charge >= 0.3 is 0 Å². The highest BCUT2D eigenvalue weighted by Gasteiger charge is 2.17. The molecule has 0 saturated carbocycles. The largest absolute Gasteiger partial charge is 0.346 e. The number of nitrogens with one attached hydrogen (secondary N) is 1. The van der Waals surface area contributed by atoms with Crippen molar-refractivity contribution in [2.24, 2.45) is 5.73 Å². The van der Waals surface area contributed by atoms with E-state index in [4.69, 9.17) is 5.73 Å². The number of nitrogens with two attached hydrogens (primary N) is 1. The fourth-order valence-electron chi connectivity index (χ4n) is 1.84. The molecule has 1 fully saturated rings. The van der Waals surface area contributed by atoms with E-state index in [1.807, 2.05) is 18.0 Å². The summed E-state index contributed by atoms with van der Waals surface area (Å²) >= 11 is 2.05. The molecular formula is C10H17N3S. The highest BCUT2D eigenvalue weighted by molar-refractivity contribution is 7.99. The summed E-state index contributed by atoms with van der Waals surface area (Å²) in [5.74, 6) is 4.29. The summed E-state index contributed by atoms with van der Waals surface area (Å²) in [5, 5.41) is 0. The van der Waals surface area contributed by atoms with Gasteiger partial charge in [0.15, 0.2) is 0 Å². The van der Waals surface area contributed by atoms with Crippen LogP contribution in [0.1, 0.15) is 30.3 Å². The highest BCUT2D eigenvalue weighted by atomic mass is 32.2. The minimum absolute atomic E-state index is 0.673. The van der Waals surface area contributed by atoms with Gasteiger partial charge < -0.3 is 10.7 Å². The molecule has 0 spiro atoms. The van der Waals surface area contributed by atoms with Crippen molar-refractivity contribution in [1.82, 2.24) is 9.97 Å². The van der Waals surface area contributed by atoms with E-state index in [1.54, 1.807) is 0 Å². The van der Waals surface area contributed by atoms with Gasteiger partial charge in [-0.25, -0.2) is 4.98 Å². The zero-order valence-corrected chi connectivity index (χ0v) is 9.15. The first-order chi connectivity index (χ1) is 6.90. The van der Waals surface area contributed by atoms with Gasteiger partial charge in [0.25, 0.3) is 0 Å². The summed E-state index contributed by atoms with van der Waals surface area (Å²) in [4.78, 5) is 7.72. The van der Waals surface area contributed by atoms with E-state index in [2.05, 4.69) is 9.97 Å². The van der Waals surface area contributed by atoms with E-state index >= 15 is 0 Å². The van der Waals surface area contributed by atoms with Gasteiger partial charge in [0, 0.05) is 30.0 Å². The van der Waals surface area contributed by atoms with Crippen molar-refractivity contribution < 1.29 is 0 Å². The molecule has 0 bridgehead atoms. The molecular weight excluding hydrogens is 194 g/mol. The van der Waals surface area contributed by atoms with Crippen LogP contribution in [0.5, 0.6) is 0 Å². The summed E-state index contributed by atoms with van der Waals surface area (Å²) in [5.41, 5.74) is 6.79. The lowest BCUT2D eigenvalue weighted by Crippen LogP contribution is -2.09. The fourth-order valence-corrected chi connectivity index (χ4v) is 3.00. The fraction of sp³-hybridized carbons (Fsp3) is 0.700. The van der Waals surface area contributed by atoms with Crippen LogP contribution in [0.4, 0.5) is 0 Å². The second-order valence-corrected chi connectivity index (χ2v) is 4.89. The minimum Gasteiger partial charge on any atom is -0.346 e. The van der Waals surface area contributed by atoms with Crippen LogP contribution in [-0.2, 0) is 6.42 Å². The van der Waals surface area contributed by atoms with Gasteiger partial charge in [-0.3, -0.25) is 0 Å². The van der Waals surface area contributed by atoms with Crippen molar-refractivity contribution in [2.75, 3.05) is 18.1 Å². The number of hydrogen-bond acceptors (Lipinski definition) is 3. The van der Waals surface area contributed by atoms with Gasteiger partial charge in [0.05, 0.1) is 0 Å². The molecule has 0 amide bonds. The molecule has 1 aromatic heterocycles. The van der Waals surface area contributed by atoms with E-state index in [0.29, 0.717) is 12.5 Å². The molecule has 1 unspecified atom stereocenters. The third kappa shape index (κ3) is 2.30. The Bertz CT molecular complexity index is 279. The molecule has 3 nitrogen and oxygen atoms in total. The van der Waals surface area contributed by atoms with Gasteiger partial charge in [-0.1, -0.05) is 0 Å². The van der Waals surface area contributed by atoms with Crippen molar-refractivity contribution in [3.05, 3.63) is 17.7 Å². The third-order valence-electron chi connectivity index (χ3n) is 2.63. The number of hydrogen-bond donors (Lipinski definition) is 2. The molecule has 3 N–H and O–H groups in total. The average molecular weight is 211 g/mol. The van der Waals surface area contributed by atoms with Crippen LogP contribution in [0.3, 0.4) is 0 Å². The van der Waals surface area contributed by atoms with E-state index in [1.165, 1.54) is 30.0 Å². The van der Waals surface area contributed by atoms with Crippen molar-refractivity contribution >= 4 is 11.8 Å². The minimum atomic E-state index is 0.673. The molecule has 14 heavy (non-hydrogen) atoms. The number of thioether (sulfide) groups is 1. The number of aromatic amines is 1. The Morgan fingerprint density at radius 1 is 1.64 bits per heavy atom. The van der Waals surface area contributed by atoms with Gasteiger partial charge in [-0.2, -0.15) is 11.8 Å². The molecule has 1 atom stereocenters. The second-order valence-electron chi connectivity index (χ2n) is 3.74. The number of rotatable bonds is 3. The Kier molecular flexibility index (Phi) is 3.48. The first-order valence-corrected chi connectivity index (χ1v) is 6.37. The Balaban J connectivity index is 2.00. The number of imidazole rings is 1. The topological polar surface area (TPSA) is 54.7 Å². The number of H-pyrrole nitrogens is 1. The van der Waals surface area contributed by atoms with Crippen LogP contribution in [0, 0.1) is 0 Å². The molecule has 0 aliphatic carbocycles. The Morgan fingerprint density at radius 2 is 2.57 bits per heavy atom. The third-order valence-corrected chi connectivity index (χ3v) is 3.84. The predicted molar refractivity (Wildman–Crippen MR) is 60.6 cm³/mol. The zero-order valence-electron chi connectivity index (χ0n) is 8.33. The van der Waals surface area contributed by atoms with Crippen LogP contribution in [0.2, 0.25) is 0 Å². The van der Waals surface area contributed by atoms with E-state index < -0.39 is 0 Å². The highest BCUT2D eigenvalue weighted by Crippen LogP contribution is 2.29. The summed E-state index contributed by atoms with van der Waals surface area (Å²) in [6.07, 6.45) is 5.49. The lowest BCUT2D eigenvalue weighted by molar-refractivity contribution is 0.644. The van der Waals surface area contributed by atoms with E-state index in [-0.39, 0.29) is 0 Å². The van der Waals surface area contributed by atoms with Gasteiger partial charge in [0.2, 0.25) is 0 Å². The van der Waals surface area contributed by atoms with Gasteiger partial charge in [0.1, 0.15) is 5.82 Å². The van der Waals surface area contributed by atoms with Gasteiger partial charge in [-0.15, -0.1) is 0 Å². The Labute approximate surface area is 88.9 Å². The molecule has 78 valence electrons. The second kappa shape index (κ2) is 4.84. The molecule has 4 heteroatoms. The molecule has 1 aliphatic rings. The van der Waals surface area contributed by atoms with Crippen molar-refractivity contribution in [1.29, 1.82) is 0 Å². The first kappa shape index (κ1) is 10.1. The summed E-state index contributed by atoms with van der Waals surface area (Å²) in [7, 11) is 0. The summed E-state index contributed by atoms with van der Waals surface area (Å²) in [6.45, 7) is 0.673. The monoisotopic (exact) mass is 211 g/mol. The van der Waals surface area contributed by atoms with Crippen LogP contribution in [-0.4, -0.2) is 28.0 Å². The van der Waals surface area contributed by atoms with Crippen LogP contribution < -0.4 is 5.73 Å². The Hall–Kier alpha value is -0.480. The maximum Gasteiger partial charge on any atom is 0.107 e. The smallest absolute Gasteiger partial charge is 0.107 e. The number of nitrogens with zero attached hydrogens (tertiary/aromatic N) is 1. The normalized spacial score (nSPS) is 22.5. The lowest BCUT2D eigenvalue weighted by atomic mass is 10.0. The molecule has 1 aliphatic heterocycles. The standard InChI is InChI=1S/C10H17N3S/c11-4-3-10-12-6-9(13-10)8-2-1-5-14-7-8/h6,8H,1-5,7,11H2,(H,12,13). The van der Waals surface area contributed by atoms with Gasteiger partial charge in [-0.05, 0) is 25.1 Å². The van der Waals surface area contributed by atoms with Crippen LogP contribution >= 0.6 is 11.8 Å². The van der Waals surface area contributed by atoms with Crippen molar-refractivity contribution in [3.63, 3.8) is 0 Å². The maximum atomic E-state index is 5.48. The molecule has 2 rings (SSSR count). The van der Waals surface area contributed by atoms with Crippen LogP contribution in [0.25, 0.3) is 0 Å². The predicted octanol–water partition coefficient (Wildman–Crippen LogP) is 1.52. The first-order valence-electron chi connectivity index (χ1n) is 5.21. The maximum absolute atomic E-state index is 5.48. The quantitative estimate of drug-likeness (QED) is 0.797. The van der Waals surface area contributed by atoms with E-state index in [9.17, 15) is 0 Å². The van der Waals surface area contributed by atoms with Crippen LogP contribution in [0.15, 0.2) is 6.20 Å². The SMILES string of the molecule is NCCc1ncc(C2CCCSC2)[nH]1. The zero-order chi connectivity index (χ0) is 9.80.